The summed E-state index contributed by atoms with van der Waals surface area (Å²) in [7, 11) is 0. The molecule has 1 aliphatic heterocycles. The lowest BCUT2D eigenvalue weighted by Gasteiger charge is -2.26. The van der Waals surface area contributed by atoms with E-state index in [9.17, 15) is 10.2 Å². The molecule has 2 aliphatic carbocycles. The van der Waals surface area contributed by atoms with Crippen molar-refractivity contribution in [3.8, 4) is 11.8 Å². The Balaban J connectivity index is 1.92. The highest BCUT2D eigenvalue weighted by Crippen LogP contribution is 2.71. The first-order chi connectivity index (χ1) is 9.15. The van der Waals surface area contributed by atoms with Gasteiger partial charge in [-0.2, -0.15) is 0 Å². The molecule has 4 unspecified atom stereocenters. The maximum absolute atomic E-state index is 10.5. The summed E-state index contributed by atoms with van der Waals surface area (Å²) in [5.41, 5.74) is 1.83. The molecular weight excluding hydrogens is 242 g/mol. The number of epoxide rings is 1. The van der Waals surface area contributed by atoms with Crippen molar-refractivity contribution >= 4 is 0 Å². The molecule has 0 aromatic carbocycles. The lowest BCUT2D eigenvalue weighted by Crippen LogP contribution is -2.28. The Hall–Kier alpha value is -1.42. The Morgan fingerprint density at radius 1 is 1.47 bits per heavy atom. The number of rotatable bonds is 4. The molecule has 1 saturated carbocycles. The van der Waals surface area contributed by atoms with Gasteiger partial charge in [-0.15, -0.1) is 6.58 Å². The maximum atomic E-state index is 10.5. The predicted octanol–water partition coefficient (Wildman–Crippen LogP) is 2.39. The summed E-state index contributed by atoms with van der Waals surface area (Å²) in [4.78, 5) is 0. The van der Waals surface area contributed by atoms with Gasteiger partial charge >= 0.3 is 0 Å². The second-order valence-corrected chi connectivity index (χ2v) is 6.07. The Labute approximate surface area is 112 Å². The van der Waals surface area contributed by atoms with Crippen LogP contribution in [0.1, 0.15) is 43.2 Å². The van der Waals surface area contributed by atoms with E-state index in [4.69, 9.17) is 4.74 Å². The van der Waals surface area contributed by atoms with Crippen molar-refractivity contribution in [2.45, 2.75) is 56.3 Å². The molecule has 1 aromatic rings. The van der Waals surface area contributed by atoms with Gasteiger partial charge in [-0.3, -0.25) is 4.57 Å². The minimum absolute atomic E-state index is 0.0621. The van der Waals surface area contributed by atoms with Gasteiger partial charge in [0.1, 0.15) is 0 Å². The van der Waals surface area contributed by atoms with E-state index >= 15 is 0 Å². The summed E-state index contributed by atoms with van der Waals surface area (Å²) in [6.07, 6.45) is 5.32. The number of ether oxygens (including phenoxy) is 1. The van der Waals surface area contributed by atoms with Crippen LogP contribution in [-0.2, 0) is 16.7 Å². The average molecular weight is 261 g/mol. The second-order valence-electron chi connectivity index (χ2n) is 6.07. The average Bonchev–Trinajstić information content (AvgIpc) is 3.00. The summed E-state index contributed by atoms with van der Waals surface area (Å²) >= 11 is 0. The lowest BCUT2D eigenvalue weighted by molar-refractivity contribution is 0.218. The Morgan fingerprint density at radius 3 is 2.95 bits per heavy atom. The molecule has 2 N–H and O–H groups in total. The number of nitrogens with zero attached hydrogens (tertiary/aromatic N) is 1. The van der Waals surface area contributed by atoms with Gasteiger partial charge in [0.15, 0.2) is 11.8 Å². The van der Waals surface area contributed by atoms with Crippen molar-refractivity contribution in [3.05, 3.63) is 23.8 Å². The van der Waals surface area contributed by atoms with Crippen LogP contribution in [0, 0.1) is 0 Å². The molecule has 0 amide bonds. The predicted molar refractivity (Wildman–Crippen MR) is 70.6 cm³/mol. The molecule has 4 rings (SSSR count). The van der Waals surface area contributed by atoms with E-state index in [1.54, 1.807) is 10.6 Å². The molecule has 4 atom stereocenters. The molecule has 2 heterocycles. The number of allylic oxidation sites excluding steroid dienone is 1. The van der Waals surface area contributed by atoms with Gasteiger partial charge in [0, 0.05) is 29.0 Å². The zero-order valence-electron chi connectivity index (χ0n) is 11.1. The second kappa shape index (κ2) is 3.37. The molecule has 3 aliphatic rings. The van der Waals surface area contributed by atoms with E-state index in [1.807, 2.05) is 0 Å². The number of hydrogen-bond acceptors (Lipinski definition) is 3. The van der Waals surface area contributed by atoms with Crippen LogP contribution in [0.15, 0.2) is 12.7 Å². The van der Waals surface area contributed by atoms with Gasteiger partial charge in [0.05, 0.1) is 12.2 Å². The molecule has 2 bridgehead atoms. The van der Waals surface area contributed by atoms with E-state index < -0.39 is 0 Å². The maximum Gasteiger partial charge on any atom is 0.198 e. The first-order valence-electron chi connectivity index (χ1n) is 7.07. The van der Waals surface area contributed by atoms with Crippen LogP contribution in [0.2, 0.25) is 0 Å². The van der Waals surface area contributed by atoms with Crippen LogP contribution in [0.4, 0.5) is 0 Å². The van der Waals surface area contributed by atoms with Crippen LogP contribution in [0.25, 0.3) is 0 Å². The van der Waals surface area contributed by atoms with Gasteiger partial charge in [0.2, 0.25) is 0 Å². The SMILES string of the molecule is C=CCn1c(O)c2c(c1O)C1(CCC)CC2C2OC21. The number of aromatic nitrogens is 1. The lowest BCUT2D eigenvalue weighted by atomic mass is 9.76. The normalized spacial score (nSPS) is 37.2. The molecular formula is C15H19NO3. The quantitative estimate of drug-likeness (QED) is 0.646. The minimum atomic E-state index is -0.0621. The van der Waals surface area contributed by atoms with Crippen LogP contribution < -0.4 is 0 Å². The molecule has 19 heavy (non-hydrogen) atoms. The van der Waals surface area contributed by atoms with Crippen LogP contribution in [0.5, 0.6) is 11.8 Å². The van der Waals surface area contributed by atoms with Crippen molar-refractivity contribution < 1.29 is 14.9 Å². The van der Waals surface area contributed by atoms with Gasteiger partial charge in [-0.25, -0.2) is 0 Å². The fourth-order valence-electron chi connectivity index (χ4n) is 4.58. The molecule has 4 nitrogen and oxygen atoms in total. The van der Waals surface area contributed by atoms with Crippen molar-refractivity contribution in [1.82, 2.24) is 4.57 Å². The molecule has 1 aromatic heterocycles. The van der Waals surface area contributed by atoms with Crippen molar-refractivity contribution in [2.24, 2.45) is 0 Å². The third-order valence-electron chi connectivity index (χ3n) is 5.17. The Morgan fingerprint density at radius 2 is 2.26 bits per heavy atom. The number of hydrogen-bond donors (Lipinski definition) is 2. The molecule has 2 fully saturated rings. The third kappa shape index (κ3) is 1.10. The van der Waals surface area contributed by atoms with E-state index in [-0.39, 0.29) is 35.3 Å². The van der Waals surface area contributed by atoms with Crippen LogP contribution >= 0.6 is 0 Å². The first-order valence-corrected chi connectivity index (χ1v) is 7.07. The smallest absolute Gasteiger partial charge is 0.198 e. The zero-order chi connectivity index (χ0) is 13.4. The Kier molecular flexibility index (Phi) is 2.02. The van der Waals surface area contributed by atoms with E-state index in [2.05, 4.69) is 13.5 Å². The Bertz CT molecular complexity index is 576. The summed E-state index contributed by atoms with van der Waals surface area (Å²) < 4.78 is 7.36. The fraction of sp³-hybridized carbons (Fsp3) is 0.600. The van der Waals surface area contributed by atoms with Crippen molar-refractivity contribution in [2.75, 3.05) is 0 Å². The molecule has 0 spiro atoms. The van der Waals surface area contributed by atoms with Crippen molar-refractivity contribution in [3.63, 3.8) is 0 Å². The topological polar surface area (TPSA) is 57.9 Å². The largest absolute Gasteiger partial charge is 0.494 e. The third-order valence-corrected chi connectivity index (χ3v) is 5.17. The summed E-state index contributed by atoms with van der Waals surface area (Å²) in [5, 5.41) is 20.9. The summed E-state index contributed by atoms with van der Waals surface area (Å²) in [6.45, 7) is 6.29. The zero-order valence-corrected chi connectivity index (χ0v) is 11.1. The molecule has 0 radical (unpaired) electrons. The highest BCUT2D eigenvalue weighted by molar-refractivity contribution is 5.61. The highest BCUT2D eigenvalue weighted by Gasteiger charge is 2.72. The van der Waals surface area contributed by atoms with Crippen LogP contribution in [-0.4, -0.2) is 27.0 Å². The minimum Gasteiger partial charge on any atom is -0.494 e. The van der Waals surface area contributed by atoms with Gasteiger partial charge in [-0.05, 0) is 12.8 Å². The fourth-order valence-corrected chi connectivity index (χ4v) is 4.58. The van der Waals surface area contributed by atoms with Gasteiger partial charge < -0.3 is 14.9 Å². The highest BCUT2D eigenvalue weighted by atomic mass is 16.6. The van der Waals surface area contributed by atoms with E-state index in [1.165, 1.54) is 0 Å². The van der Waals surface area contributed by atoms with Gasteiger partial charge in [0.25, 0.3) is 0 Å². The van der Waals surface area contributed by atoms with Crippen LogP contribution in [0.3, 0.4) is 0 Å². The molecule has 4 heteroatoms. The van der Waals surface area contributed by atoms with Crippen molar-refractivity contribution in [1.29, 1.82) is 0 Å². The summed E-state index contributed by atoms with van der Waals surface area (Å²) in [5.74, 6) is 0.699. The summed E-state index contributed by atoms with van der Waals surface area (Å²) in [6, 6.07) is 0. The van der Waals surface area contributed by atoms with E-state index in [0.29, 0.717) is 6.54 Å². The molecule has 102 valence electrons. The first kappa shape index (κ1) is 11.4. The number of aromatic hydroxyl groups is 2. The molecule has 1 saturated heterocycles. The van der Waals surface area contributed by atoms with E-state index in [0.717, 1.165) is 30.4 Å². The monoisotopic (exact) mass is 261 g/mol. The standard InChI is InChI=1S/C15H19NO3/c1-3-5-15-7-8(11-12(15)19-11)9-10(15)14(18)16(6-4-2)13(9)17/h4,8,11-12,17-18H,2-3,5-7H2,1H3. The van der Waals surface area contributed by atoms with Gasteiger partial charge in [-0.1, -0.05) is 19.4 Å². The number of fused-ring (bicyclic) bond motifs is 8.